The van der Waals surface area contributed by atoms with Gasteiger partial charge in [0.15, 0.2) is 0 Å². The Morgan fingerprint density at radius 1 is 1.25 bits per heavy atom. The van der Waals surface area contributed by atoms with Crippen LogP contribution in [0, 0.1) is 11.8 Å². The van der Waals surface area contributed by atoms with Crippen molar-refractivity contribution in [2.75, 3.05) is 6.61 Å². The molecule has 0 aromatic carbocycles. The number of amides is 1. The minimum atomic E-state index is -0.0873. The first-order chi connectivity index (χ1) is 7.65. The van der Waals surface area contributed by atoms with Gasteiger partial charge >= 0.3 is 0 Å². The molecule has 3 nitrogen and oxygen atoms in total. The van der Waals surface area contributed by atoms with Gasteiger partial charge in [0, 0.05) is 5.92 Å². The summed E-state index contributed by atoms with van der Waals surface area (Å²) >= 11 is 0. The zero-order valence-corrected chi connectivity index (χ0v) is 10.5. The second-order valence-electron chi connectivity index (χ2n) is 5.23. The van der Waals surface area contributed by atoms with Crippen LogP contribution < -0.4 is 5.32 Å². The quantitative estimate of drug-likeness (QED) is 0.722. The first-order valence-corrected chi connectivity index (χ1v) is 6.56. The Morgan fingerprint density at radius 2 is 1.81 bits per heavy atom. The fourth-order valence-corrected chi connectivity index (χ4v) is 2.27. The lowest BCUT2D eigenvalue weighted by Crippen LogP contribution is -2.43. The molecule has 1 aliphatic rings. The molecule has 0 aliphatic heterocycles. The maximum absolute atomic E-state index is 12.0. The molecule has 3 heteroatoms. The molecule has 1 saturated carbocycles. The molecule has 2 N–H and O–H groups in total. The molecule has 1 fully saturated rings. The van der Waals surface area contributed by atoms with Gasteiger partial charge in [0.1, 0.15) is 0 Å². The monoisotopic (exact) mass is 227 g/mol. The molecular weight excluding hydrogens is 202 g/mol. The van der Waals surface area contributed by atoms with Crippen molar-refractivity contribution in [2.24, 2.45) is 11.8 Å². The maximum atomic E-state index is 12.0. The first kappa shape index (κ1) is 13.5. The largest absolute Gasteiger partial charge is 0.394 e. The van der Waals surface area contributed by atoms with Gasteiger partial charge in [0.2, 0.25) is 5.91 Å². The van der Waals surface area contributed by atoms with E-state index in [1.54, 1.807) is 0 Å². The van der Waals surface area contributed by atoms with Gasteiger partial charge in [-0.25, -0.2) is 0 Å². The molecule has 1 amide bonds. The first-order valence-electron chi connectivity index (χ1n) is 6.56. The summed E-state index contributed by atoms with van der Waals surface area (Å²) in [5.41, 5.74) is 0. The Labute approximate surface area is 98.6 Å². The van der Waals surface area contributed by atoms with Crippen molar-refractivity contribution in [3.63, 3.8) is 0 Å². The SMILES string of the molecule is CC(C)C(CO)NC(=O)C1CCCCCC1. The summed E-state index contributed by atoms with van der Waals surface area (Å²) in [7, 11) is 0. The van der Waals surface area contributed by atoms with Crippen molar-refractivity contribution in [1.82, 2.24) is 5.32 Å². The molecule has 0 spiro atoms. The van der Waals surface area contributed by atoms with Gasteiger partial charge in [-0.05, 0) is 18.8 Å². The number of nitrogens with one attached hydrogen (secondary N) is 1. The van der Waals surface area contributed by atoms with Crippen molar-refractivity contribution < 1.29 is 9.90 Å². The van der Waals surface area contributed by atoms with E-state index in [0.29, 0.717) is 5.92 Å². The fourth-order valence-electron chi connectivity index (χ4n) is 2.27. The Kier molecular flexibility index (Phi) is 5.81. The van der Waals surface area contributed by atoms with Crippen LogP contribution >= 0.6 is 0 Å². The maximum Gasteiger partial charge on any atom is 0.223 e. The molecule has 1 atom stereocenters. The van der Waals surface area contributed by atoms with E-state index in [4.69, 9.17) is 0 Å². The number of hydrogen-bond acceptors (Lipinski definition) is 2. The summed E-state index contributed by atoms with van der Waals surface area (Å²) < 4.78 is 0. The summed E-state index contributed by atoms with van der Waals surface area (Å²) in [5.74, 6) is 0.615. The van der Waals surface area contributed by atoms with Crippen LogP contribution in [0.5, 0.6) is 0 Å². The minimum absolute atomic E-state index is 0.0378. The van der Waals surface area contributed by atoms with Crippen LogP contribution in [0.1, 0.15) is 52.4 Å². The summed E-state index contributed by atoms with van der Waals surface area (Å²) in [4.78, 5) is 12.0. The highest BCUT2D eigenvalue weighted by Crippen LogP contribution is 2.23. The smallest absolute Gasteiger partial charge is 0.223 e. The Balaban J connectivity index is 2.42. The van der Waals surface area contributed by atoms with Gasteiger partial charge in [-0.15, -0.1) is 0 Å². The Bertz CT molecular complexity index is 208. The standard InChI is InChI=1S/C13H25NO2/c1-10(2)12(9-15)14-13(16)11-7-5-3-4-6-8-11/h10-12,15H,3-9H2,1-2H3,(H,14,16). The number of carbonyl (C=O) groups excluding carboxylic acids is 1. The average Bonchev–Trinajstić information content (AvgIpc) is 2.53. The van der Waals surface area contributed by atoms with Gasteiger partial charge in [-0.2, -0.15) is 0 Å². The zero-order valence-electron chi connectivity index (χ0n) is 10.5. The highest BCUT2D eigenvalue weighted by Gasteiger charge is 2.23. The minimum Gasteiger partial charge on any atom is -0.394 e. The second-order valence-corrected chi connectivity index (χ2v) is 5.23. The molecule has 1 unspecified atom stereocenters. The van der Waals surface area contributed by atoms with E-state index in [2.05, 4.69) is 5.32 Å². The lowest BCUT2D eigenvalue weighted by molar-refractivity contribution is -0.126. The van der Waals surface area contributed by atoms with Crippen LogP contribution in [0.2, 0.25) is 0 Å². The van der Waals surface area contributed by atoms with Crippen molar-refractivity contribution >= 4 is 5.91 Å². The molecule has 0 heterocycles. The highest BCUT2D eigenvalue weighted by molar-refractivity contribution is 5.78. The van der Waals surface area contributed by atoms with Crippen LogP contribution in [0.15, 0.2) is 0 Å². The molecule has 0 aromatic heterocycles. The number of aliphatic hydroxyl groups is 1. The summed E-state index contributed by atoms with van der Waals surface area (Å²) in [6.45, 7) is 4.08. The molecule has 0 saturated heterocycles. The van der Waals surface area contributed by atoms with Crippen LogP contribution in [0.4, 0.5) is 0 Å². The lowest BCUT2D eigenvalue weighted by atomic mass is 9.97. The van der Waals surface area contributed by atoms with Crippen molar-refractivity contribution in [3.8, 4) is 0 Å². The van der Waals surface area contributed by atoms with E-state index < -0.39 is 0 Å². The third kappa shape index (κ3) is 4.12. The molecule has 1 aliphatic carbocycles. The van der Waals surface area contributed by atoms with Gasteiger partial charge in [-0.3, -0.25) is 4.79 Å². The zero-order chi connectivity index (χ0) is 12.0. The normalized spacial score (nSPS) is 20.5. The number of rotatable bonds is 4. The van der Waals surface area contributed by atoms with E-state index in [9.17, 15) is 9.90 Å². The van der Waals surface area contributed by atoms with Gasteiger partial charge in [0.25, 0.3) is 0 Å². The number of carbonyl (C=O) groups is 1. The third-order valence-corrected chi connectivity index (χ3v) is 3.56. The summed E-state index contributed by atoms with van der Waals surface area (Å²) in [6, 6.07) is -0.0873. The van der Waals surface area contributed by atoms with Crippen molar-refractivity contribution in [1.29, 1.82) is 0 Å². The van der Waals surface area contributed by atoms with Crippen molar-refractivity contribution in [2.45, 2.75) is 58.4 Å². The predicted octanol–water partition coefficient (Wildman–Crippen LogP) is 2.09. The topological polar surface area (TPSA) is 49.3 Å². The third-order valence-electron chi connectivity index (χ3n) is 3.56. The van der Waals surface area contributed by atoms with Crippen LogP contribution in [-0.2, 0) is 4.79 Å². The van der Waals surface area contributed by atoms with Crippen LogP contribution in [-0.4, -0.2) is 23.7 Å². The highest BCUT2D eigenvalue weighted by atomic mass is 16.3. The van der Waals surface area contributed by atoms with E-state index in [1.807, 2.05) is 13.8 Å². The molecule has 0 radical (unpaired) electrons. The van der Waals surface area contributed by atoms with E-state index >= 15 is 0 Å². The van der Waals surface area contributed by atoms with E-state index in [0.717, 1.165) is 12.8 Å². The second kappa shape index (κ2) is 6.89. The van der Waals surface area contributed by atoms with Gasteiger partial charge < -0.3 is 10.4 Å². The fraction of sp³-hybridized carbons (Fsp3) is 0.923. The summed E-state index contributed by atoms with van der Waals surface area (Å²) in [6.07, 6.45) is 6.89. The predicted molar refractivity (Wildman–Crippen MR) is 65.0 cm³/mol. The molecular formula is C13H25NO2. The average molecular weight is 227 g/mol. The van der Waals surface area contributed by atoms with E-state index in [-0.39, 0.29) is 24.5 Å². The lowest BCUT2D eigenvalue weighted by Gasteiger charge is -2.23. The van der Waals surface area contributed by atoms with E-state index in [1.165, 1.54) is 25.7 Å². The molecule has 0 aromatic rings. The molecule has 1 rings (SSSR count). The molecule has 16 heavy (non-hydrogen) atoms. The van der Waals surface area contributed by atoms with Gasteiger partial charge in [-0.1, -0.05) is 39.5 Å². The number of hydrogen-bond donors (Lipinski definition) is 2. The summed E-state index contributed by atoms with van der Waals surface area (Å²) in [5, 5.41) is 12.2. The van der Waals surface area contributed by atoms with Crippen LogP contribution in [0.25, 0.3) is 0 Å². The Hall–Kier alpha value is -0.570. The molecule has 94 valence electrons. The van der Waals surface area contributed by atoms with Crippen LogP contribution in [0.3, 0.4) is 0 Å². The molecule has 0 bridgehead atoms. The van der Waals surface area contributed by atoms with Gasteiger partial charge in [0.05, 0.1) is 12.6 Å². The Morgan fingerprint density at radius 3 is 2.25 bits per heavy atom. The van der Waals surface area contributed by atoms with Crippen molar-refractivity contribution in [3.05, 3.63) is 0 Å². The number of aliphatic hydroxyl groups excluding tert-OH is 1.